The fraction of sp³-hybridized carbons (Fsp3) is 0.0606. The van der Waals surface area contributed by atoms with Crippen molar-refractivity contribution in [1.29, 1.82) is 5.26 Å². The molecule has 0 saturated heterocycles. The molecule has 2 heteroatoms. The summed E-state index contributed by atoms with van der Waals surface area (Å²) in [7, 11) is 0. The fourth-order valence-corrected chi connectivity index (χ4v) is 5.10. The van der Waals surface area contributed by atoms with Gasteiger partial charge in [0.05, 0.1) is 22.7 Å². The van der Waals surface area contributed by atoms with Crippen LogP contribution in [0.15, 0.2) is 109 Å². The Balaban J connectivity index is 1.51. The highest BCUT2D eigenvalue weighted by molar-refractivity contribution is 6.09. The van der Waals surface area contributed by atoms with Crippen molar-refractivity contribution in [2.75, 3.05) is 0 Å². The number of hydrogen-bond donors (Lipinski definition) is 0. The summed E-state index contributed by atoms with van der Waals surface area (Å²) in [5, 5.41) is 12.2. The van der Waals surface area contributed by atoms with Gasteiger partial charge in [-0.15, -0.1) is 0 Å². The third kappa shape index (κ3) is 3.50. The normalized spacial score (nSPS) is 11.1. The lowest BCUT2D eigenvalue weighted by atomic mass is 9.92. The van der Waals surface area contributed by atoms with Crippen molar-refractivity contribution in [3.05, 3.63) is 126 Å². The van der Waals surface area contributed by atoms with Gasteiger partial charge in [0, 0.05) is 22.0 Å². The molecule has 0 radical (unpaired) electrons. The van der Waals surface area contributed by atoms with Crippen LogP contribution >= 0.6 is 0 Å². The van der Waals surface area contributed by atoms with Gasteiger partial charge >= 0.3 is 0 Å². The molecule has 6 rings (SSSR count). The van der Waals surface area contributed by atoms with Gasteiger partial charge in [0.2, 0.25) is 0 Å². The number of benzene rings is 5. The lowest BCUT2D eigenvalue weighted by Gasteiger charge is -2.13. The fourth-order valence-electron chi connectivity index (χ4n) is 5.10. The van der Waals surface area contributed by atoms with Crippen molar-refractivity contribution in [3.8, 4) is 34.0 Å². The molecule has 2 nitrogen and oxygen atoms in total. The van der Waals surface area contributed by atoms with Crippen molar-refractivity contribution < 1.29 is 0 Å². The lowest BCUT2D eigenvalue weighted by Crippen LogP contribution is -1.94. The number of rotatable bonds is 3. The summed E-state index contributed by atoms with van der Waals surface area (Å²) < 4.78 is 2.35. The van der Waals surface area contributed by atoms with E-state index in [1.807, 2.05) is 30.3 Å². The van der Waals surface area contributed by atoms with Gasteiger partial charge in [0.15, 0.2) is 0 Å². The summed E-state index contributed by atoms with van der Waals surface area (Å²) in [6, 6.07) is 40.6. The molecule has 0 saturated carbocycles. The van der Waals surface area contributed by atoms with Crippen molar-refractivity contribution >= 4 is 21.8 Å². The van der Waals surface area contributed by atoms with E-state index in [-0.39, 0.29) is 0 Å². The molecule has 0 aliphatic heterocycles. The Bertz CT molecular complexity index is 1700. The van der Waals surface area contributed by atoms with Crippen LogP contribution in [0.2, 0.25) is 0 Å². The summed E-state index contributed by atoms with van der Waals surface area (Å²) in [5.74, 6) is 0. The Hall–Kier alpha value is -4.61. The predicted octanol–water partition coefficient (Wildman–Crippen LogP) is 8.61. The first-order valence-electron chi connectivity index (χ1n) is 11.8. The van der Waals surface area contributed by atoms with Gasteiger partial charge < -0.3 is 4.57 Å². The average Bonchev–Trinajstić information content (AvgIpc) is 3.21. The van der Waals surface area contributed by atoms with Gasteiger partial charge in [0.1, 0.15) is 0 Å². The van der Waals surface area contributed by atoms with Crippen molar-refractivity contribution in [2.24, 2.45) is 0 Å². The van der Waals surface area contributed by atoms with E-state index in [4.69, 9.17) is 0 Å². The molecule has 0 aliphatic rings. The third-order valence-electron chi connectivity index (χ3n) is 6.78. The van der Waals surface area contributed by atoms with Crippen molar-refractivity contribution in [2.45, 2.75) is 13.8 Å². The molecule has 0 unspecified atom stereocenters. The van der Waals surface area contributed by atoms with E-state index in [0.29, 0.717) is 5.56 Å². The summed E-state index contributed by atoms with van der Waals surface area (Å²) in [4.78, 5) is 0. The second-order valence-corrected chi connectivity index (χ2v) is 9.13. The maximum absolute atomic E-state index is 9.64. The van der Waals surface area contributed by atoms with Gasteiger partial charge in [-0.3, -0.25) is 0 Å². The highest BCUT2D eigenvalue weighted by Gasteiger charge is 2.14. The Morgan fingerprint density at radius 2 is 1.11 bits per heavy atom. The van der Waals surface area contributed by atoms with E-state index >= 15 is 0 Å². The van der Waals surface area contributed by atoms with E-state index < -0.39 is 0 Å². The molecule has 0 aliphatic carbocycles. The minimum atomic E-state index is 0.687. The first-order chi connectivity index (χ1) is 17.1. The molecule has 0 fully saturated rings. The van der Waals surface area contributed by atoms with Crippen LogP contribution in [0.25, 0.3) is 49.7 Å². The molecule has 5 aromatic carbocycles. The zero-order valence-electron chi connectivity index (χ0n) is 19.8. The van der Waals surface area contributed by atoms with E-state index in [1.54, 1.807) is 0 Å². The van der Waals surface area contributed by atoms with Gasteiger partial charge in [0.25, 0.3) is 0 Å². The highest BCUT2D eigenvalue weighted by atomic mass is 15.0. The van der Waals surface area contributed by atoms with E-state index in [9.17, 15) is 5.26 Å². The first kappa shape index (κ1) is 21.0. The van der Waals surface area contributed by atoms with Crippen LogP contribution in [0.3, 0.4) is 0 Å². The standard InChI is InChI=1S/C33H24N2/c1-22-11-17-32-30(19-22)31-20-23(2)12-18-33(31)35(32)26-15-13-24(14-16-26)27-8-5-6-10-29(27)28-9-4-3-7-25(28)21-34/h3-20H,1-2H3. The van der Waals surface area contributed by atoms with Crippen LogP contribution in [0.1, 0.15) is 16.7 Å². The number of fused-ring (bicyclic) bond motifs is 3. The zero-order valence-corrected chi connectivity index (χ0v) is 19.8. The van der Waals surface area contributed by atoms with Gasteiger partial charge in [-0.25, -0.2) is 0 Å². The molecule has 6 aromatic rings. The molecule has 0 N–H and O–H groups in total. The van der Waals surface area contributed by atoms with Crippen LogP contribution in [-0.2, 0) is 0 Å². The minimum Gasteiger partial charge on any atom is -0.309 e. The topological polar surface area (TPSA) is 28.7 Å². The molecular formula is C33H24N2. The Morgan fingerprint density at radius 1 is 0.571 bits per heavy atom. The third-order valence-corrected chi connectivity index (χ3v) is 6.78. The SMILES string of the molecule is Cc1ccc2c(c1)c1cc(C)ccc1n2-c1ccc(-c2ccccc2-c2ccccc2C#N)cc1. The molecule has 1 aromatic heterocycles. The smallest absolute Gasteiger partial charge is 0.0998 e. The number of aromatic nitrogens is 1. The highest BCUT2D eigenvalue weighted by Crippen LogP contribution is 2.36. The molecule has 1 heterocycles. The van der Waals surface area contributed by atoms with Crippen molar-refractivity contribution in [1.82, 2.24) is 4.57 Å². The first-order valence-corrected chi connectivity index (χ1v) is 11.8. The summed E-state index contributed by atoms with van der Waals surface area (Å²) >= 11 is 0. The van der Waals surface area contributed by atoms with E-state index in [0.717, 1.165) is 27.9 Å². The van der Waals surface area contributed by atoms with Crippen LogP contribution < -0.4 is 0 Å². The molecule has 0 spiro atoms. The number of hydrogen-bond acceptors (Lipinski definition) is 1. The average molecular weight is 449 g/mol. The van der Waals surface area contributed by atoms with Crippen LogP contribution in [0.4, 0.5) is 0 Å². The Labute approximate surface area is 205 Å². The molecular weight excluding hydrogens is 424 g/mol. The minimum absolute atomic E-state index is 0.687. The lowest BCUT2D eigenvalue weighted by molar-refractivity contribution is 1.18. The molecule has 166 valence electrons. The summed E-state index contributed by atoms with van der Waals surface area (Å²) in [6.45, 7) is 4.30. The maximum Gasteiger partial charge on any atom is 0.0998 e. The van der Waals surface area contributed by atoms with Gasteiger partial charge in [-0.05, 0) is 73.0 Å². The maximum atomic E-state index is 9.64. The monoisotopic (exact) mass is 448 g/mol. The Morgan fingerprint density at radius 3 is 1.71 bits per heavy atom. The quantitative estimate of drug-likeness (QED) is 0.266. The van der Waals surface area contributed by atoms with Crippen LogP contribution in [0.5, 0.6) is 0 Å². The second kappa shape index (κ2) is 8.31. The number of aryl methyl sites for hydroxylation is 2. The molecule has 35 heavy (non-hydrogen) atoms. The van der Waals surface area contributed by atoms with Crippen molar-refractivity contribution in [3.63, 3.8) is 0 Å². The van der Waals surface area contributed by atoms with E-state index in [2.05, 4.69) is 103 Å². The Kier molecular flexibility index (Phi) is 4.98. The summed E-state index contributed by atoms with van der Waals surface area (Å²) in [5.41, 5.74) is 11.1. The molecule has 0 atom stereocenters. The van der Waals surface area contributed by atoms with Crippen LogP contribution in [0, 0.1) is 25.2 Å². The predicted molar refractivity (Wildman–Crippen MR) is 146 cm³/mol. The van der Waals surface area contributed by atoms with Crippen LogP contribution in [-0.4, -0.2) is 4.57 Å². The largest absolute Gasteiger partial charge is 0.309 e. The van der Waals surface area contributed by atoms with E-state index in [1.165, 1.54) is 32.9 Å². The van der Waals surface area contributed by atoms with Gasteiger partial charge in [-0.2, -0.15) is 5.26 Å². The number of nitriles is 1. The van der Waals surface area contributed by atoms with Gasteiger partial charge in [-0.1, -0.05) is 77.9 Å². The second-order valence-electron chi connectivity index (χ2n) is 9.13. The molecule has 0 bridgehead atoms. The number of nitrogens with zero attached hydrogens (tertiary/aromatic N) is 2. The molecule has 0 amide bonds. The zero-order chi connectivity index (χ0) is 23.9. The summed E-state index contributed by atoms with van der Waals surface area (Å²) in [6.07, 6.45) is 0.